The van der Waals surface area contributed by atoms with Crippen molar-refractivity contribution >= 4 is 11.6 Å². The highest BCUT2D eigenvalue weighted by Crippen LogP contribution is 2.22. The van der Waals surface area contributed by atoms with Crippen LogP contribution in [0.3, 0.4) is 0 Å². The maximum Gasteiger partial charge on any atom is 0.163 e. The number of nitrogens with zero attached hydrogens (tertiary/aromatic N) is 3. The summed E-state index contributed by atoms with van der Waals surface area (Å²) in [5.41, 5.74) is 2.26. The Morgan fingerprint density at radius 1 is 0.840 bits per heavy atom. The van der Waals surface area contributed by atoms with Gasteiger partial charge in [0, 0.05) is 31.3 Å². The Hall–Kier alpha value is -2.88. The van der Waals surface area contributed by atoms with Crippen molar-refractivity contribution in [2.45, 2.75) is 20.4 Å². The number of aromatic nitrogens is 2. The largest absolute Gasteiger partial charge is 0.366 e. The molecule has 128 valence electrons. The summed E-state index contributed by atoms with van der Waals surface area (Å²) in [5, 5.41) is 3.44. The zero-order chi connectivity index (χ0) is 17.5. The van der Waals surface area contributed by atoms with Crippen molar-refractivity contribution in [1.29, 1.82) is 0 Å². The number of hydrogen-bond donors (Lipinski definition) is 1. The predicted molar refractivity (Wildman–Crippen MR) is 105 cm³/mol. The summed E-state index contributed by atoms with van der Waals surface area (Å²) >= 11 is 0. The molecule has 0 atom stereocenters. The second-order valence-corrected chi connectivity index (χ2v) is 5.81. The van der Waals surface area contributed by atoms with Crippen LogP contribution in [0.4, 0.5) is 11.6 Å². The van der Waals surface area contributed by atoms with E-state index in [9.17, 15) is 0 Å². The summed E-state index contributed by atoms with van der Waals surface area (Å²) in [5.74, 6) is 2.55. The number of anilines is 2. The first-order chi connectivity index (χ1) is 12.3. The van der Waals surface area contributed by atoms with Gasteiger partial charge in [-0.05, 0) is 19.4 Å². The van der Waals surface area contributed by atoms with Crippen LogP contribution in [0, 0.1) is 0 Å². The molecule has 0 aliphatic heterocycles. The zero-order valence-corrected chi connectivity index (χ0v) is 14.8. The number of hydrogen-bond acceptors (Lipinski definition) is 4. The predicted octanol–water partition coefficient (Wildman–Crippen LogP) is 4.60. The quantitative estimate of drug-likeness (QED) is 0.686. The number of rotatable bonds is 7. The van der Waals surface area contributed by atoms with Gasteiger partial charge in [-0.3, -0.25) is 0 Å². The van der Waals surface area contributed by atoms with Crippen LogP contribution < -0.4 is 10.2 Å². The molecule has 1 aromatic heterocycles. The van der Waals surface area contributed by atoms with Gasteiger partial charge in [0.2, 0.25) is 0 Å². The first kappa shape index (κ1) is 17.0. The molecule has 1 heterocycles. The van der Waals surface area contributed by atoms with E-state index >= 15 is 0 Å². The Bertz CT molecular complexity index is 784. The van der Waals surface area contributed by atoms with Gasteiger partial charge in [0.25, 0.3) is 0 Å². The summed E-state index contributed by atoms with van der Waals surface area (Å²) in [4.78, 5) is 11.7. The minimum atomic E-state index is 0.740. The van der Waals surface area contributed by atoms with Gasteiger partial charge in [0.1, 0.15) is 11.6 Å². The van der Waals surface area contributed by atoms with Crippen LogP contribution in [0.1, 0.15) is 19.4 Å². The molecule has 0 radical (unpaired) electrons. The summed E-state index contributed by atoms with van der Waals surface area (Å²) in [6.07, 6.45) is 0. The monoisotopic (exact) mass is 332 g/mol. The molecule has 0 unspecified atom stereocenters. The van der Waals surface area contributed by atoms with E-state index in [1.807, 2.05) is 54.6 Å². The van der Waals surface area contributed by atoms with E-state index in [1.54, 1.807) is 0 Å². The van der Waals surface area contributed by atoms with E-state index in [0.29, 0.717) is 0 Å². The van der Waals surface area contributed by atoms with Crippen LogP contribution in [-0.4, -0.2) is 23.1 Å². The van der Waals surface area contributed by atoms with Crippen molar-refractivity contribution in [2.24, 2.45) is 0 Å². The van der Waals surface area contributed by atoms with Crippen molar-refractivity contribution in [3.05, 3.63) is 72.3 Å². The Morgan fingerprint density at radius 2 is 1.48 bits per heavy atom. The van der Waals surface area contributed by atoms with Crippen molar-refractivity contribution in [2.75, 3.05) is 23.3 Å². The lowest BCUT2D eigenvalue weighted by molar-refractivity contribution is 0.842. The second kappa shape index (κ2) is 8.29. The van der Waals surface area contributed by atoms with E-state index < -0.39 is 0 Å². The van der Waals surface area contributed by atoms with Gasteiger partial charge < -0.3 is 10.2 Å². The Labute approximate surface area is 149 Å². The highest BCUT2D eigenvalue weighted by molar-refractivity contribution is 5.61. The van der Waals surface area contributed by atoms with Crippen LogP contribution in [0.2, 0.25) is 0 Å². The van der Waals surface area contributed by atoms with Gasteiger partial charge in [-0.2, -0.15) is 0 Å². The van der Waals surface area contributed by atoms with Crippen molar-refractivity contribution in [1.82, 2.24) is 9.97 Å². The molecule has 0 aliphatic rings. The molecule has 25 heavy (non-hydrogen) atoms. The first-order valence-electron chi connectivity index (χ1n) is 8.77. The first-order valence-corrected chi connectivity index (χ1v) is 8.77. The fourth-order valence-electron chi connectivity index (χ4n) is 2.74. The molecule has 1 N–H and O–H groups in total. The molecular weight excluding hydrogens is 308 g/mol. The molecule has 3 aromatic rings. The minimum absolute atomic E-state index is 0.740. The van der Waals surface area contributed by atoms with Crippen molar-refractivity contribution < 1.29 is 0 Å². The lowest BCUT2D eigenvalue weighted by Gasteiger charge is -2.21. The lowest BCUT2D eigenvalue weighted by Crippen LogP contribution is -2.23. The normalized spacial score (nSPS) is 10.5. The molecular formula is C21H24N4. The van der Waals surface area contributed by atoms with Crippen LogP contribution in [0.25, 0.3) is 11.4 Å². The van der Waals surface area contributed by atoms with Gasteiger partial charge in [0.05, 0.1) is 0 Å². The third-order valence-corrected chi connectivity index (χ3v) is 4.15. The molecule has 0 aliphatic carbocycles. The van der Waals surface area contributed by atoms with Gasteiger partial charge in [0.15, 0.2) is 5.82 Å². The molecule has 0 amide bonds. The van der Waals surface area contributed by atoms with E-state index in [4.69, 9.17) is 9.97 Å². The van der Waals surface area contributed by atoms with Crippen molar-refractivity contribution in [3.63, 3.8) is 0 Å². The average molecular weight is 332 g/mol. The highest BCUT2D eigenvalue weighted by atomic mass is 15.2. The summed E-state index contributed by atoms with van der Waals surface area (Å²) < 4.78 is 0. The maximum atomic E-state index is 4.78. The number of nitrogens with one attached hydrogen (secondary N) is 1. The molecule has 3 rings (SSSR count). The van der Waals surface area contributed by atoms with Crippen LogP contribution in [0.15, 0.2) is 66.7 Å². The third-order valence-electron chi connectivity index (χ3n) is 4.15. The lowest BCUT2D eigenvalue weighted by atomic mass is 10.2. The molecule has 0 bridgehead atoms. The van der Waals surface area contributed by atoms with E-state index in [2.05, 4.69) is 36.2 Å². The zero-order valence-electron chi connectivity index (χ0n) is 14.8. The molecule has 0 spiro atoms. The molecule has 4 heteroatoms. The van der Waals surface area contributed by atoms with E-state index in [1.165, 1.54) is 5.56 Å². The van der Waals surface area contributed by atoms with Gasteiger partial charge in [-0.15, -0.1) is 0 Å². The summed E-state index contributed by atoms with van der Waals surface area (Å²) in [7, 11) is 0. The number of benzene rings is 2. The highest BCUT2D eigenvalue weighted by Gasteiger charge is 2.10. The van der Waals surface area contributed by atoms with Crippen LogP contribution in [-0.2, 0) is 6.54 Å². The van der Waals surface area contributed by atoms with Gasteiger partial charge in [-0.1, -0.05) is 60.7 Å². The van der Waals surface area contributed by atoms with Crippen LogP contribution >= 0.6 is 0 Å². The smallest absolute Gasteiger partial charge is 0.163 e. The van der Waals surface area contributed by atoms with Gasteiger partial charge >= 0.3 is 0 Å². The van der Waals surface area contributed by atoms with Crippen LogP contribution in [0.5, 0.6) is 0 Å². The standard InChI is InChI=1S/C21H24N4/c1-3-25(4-2)20-15-19(22-16-17-11-7-5-8-12-17)23-21(24-20)18-13-9-6-10-14-18/h5-15H,3-4,16H2,1-2H3,(H,22,23,24). The second-order valence-electron chi connectivity index (χ2n) is 5.81. The average Bonchev–Trinajstić information content (AvgIpc) is 2.69. The van der Waals surface area contributed by atoms with E-state index in [-0.39, 0.29) is 0 Å². The Kier molecular flexibility index (Phi) is 5.62. The maximum absolute atomic E-state index is 4.78. The van der Waals surface area contributed by atoms with E-state index in [0.717, 1.165) is 42.7 Å². The Balaban J connectivity index is 1.92. The Morgan fingerprint density at radius 3 is 2.12 bits per heavy atom. The topological polar surface area (TPSA) is 41.0 Å². The molecule has 0 saturated carbocycles. The SMILES string of the molecule is CCN(CC)c1cc(NCc2ccccc2)nc(-c2ccccc2)n1. The summed E-state index contributed by atoms with van der Waals surface area (Å²) in [6.45, 7) is 6.86. The third kappa shape index (κ3) is 4.35. The summed E-state index contributed by atoms with van der Waals surface area (Å²) in [6, 6.07) is 22.5. The van der Waals surface area contributed by atoms with Gasteiger partial charge in [-0.25, -0.2) is 9.97 Å². The molecule has 0 saturated heterocycles. The molecule has 4 nitrogen and oxygen atoms in total. The molecule has 0 fully saturated rings. The fourth-order valence-corrected chi connectivity index (χ4v) is 2.74. The fraction of sp³-hybridized carbons (Fsp3) is 0.238. The molecule has 2 aromatic carbocycles. The minimum Gasteiger partial charge on any atom is -0.366 e. The van der Waals surface area contributed by atoms with Crippen molar-refractivity contribution in [3.8, 4) is 11.4 Å².